The zero-order valence-electron chi connectivity index (χ0n) is 14.9. The van der Waals surface area contributed by atoms with Crippen molar-refractivity contribution < 1.29 is 14.5 Å². The number of halogens is 1. The van der Waals surface area contributed by atoms with Crippen LogP contribution >= 0.6 is 11.6 Å². The monoisotopic (exact) mass is 389 g/mol. The van der Waals surface area contributed by atoms with E-state index in [1.807, 2.05) is 24.0 Å². The molecule has 8 heteroatoms. The number of nitrogens with one attached hydrogen (secondary N) is 1. The van der Waals surface area contributed by atoms with Crippen molar-refractivity contribution in [1.29, 1.82) is 0 Å². The molecule has 1 fully saturated rings. The number of amides is 1. The van der Waals surface area contributed by atoms with E-state index >= 15 is 0 Å². The van der Waals surface area contributed by atoms with Crippen LogP contribution in [-0.2, 0) is 4.74 Å². The molecule has 1 aliphatic rings. The molecule has 3 rings (SSSR count). The van der Waals surface area contributed by atoms with Gasteiger partial charge >= 0.3 is 0 Å². The zero-order valence-corrected chi connectivity index (χ0v) is 15.6. The predicted molar refractivity (Wildman–Crippen MR) is 103 cm³/mol. The average Bonchev–Trinajstić information content (AvgIpc) is 2.68. The number of anilines is 1. The summed E-state index contributed by atoms with van der Waals surface area (Å²) in [7, 11) is 0. The summed E-state index contributed by atoms with van der Waals surface area (Å²) >= 11 is 5.99. The van der Waals surface area contributed by atoms with Crippen molar-refractivity contribution in [3.63, 3.8) is 0 Å². The summed E-state index contributed by atoms with van der Waals surface area (Å²) in [5.41, 5.74) is 1.52. The van der Waals surface area contributed by atoms with Crippen LogP contribution in [0.4, 0.5) is 11.4 Å². The Hall–Kier alpha value is -2.64. The van der Waals surface area contributed by atoms with E-state index in [-0.39, 0.29) is 23.2 Å². The Kier molecular flexibility index (Phi) is 5.93. The van der Waals surface area contributed by atoms with Crippen LogP contribution in [0.2, 0.25) is 5.02 Å². The Morgan fingerprint density at radius 1 is 1.26 bits per heavy atom. The van der Waals surface area contributed by atoms with Gasteiger partial charge in [-0.3, -0.25) is 14.9 Å². The van der Waals surface area contributed by atoms with Gasteiger partial charge in [-0.05, 0) is 36.8 Å². The molecule has 1 heterocycles. The van der Waals surface area contributed by atoms with Crippen molar-refractivity contribution in [1.82, 2.24) is 5.32 Å². The minimum atomic E-state index is -0.456. The molecule has 0 spiro atoms. The third kappa shape index (κ3) is 4.56. The number of hydrogen-bond acceptors (Lipinski definition) is 5. The second-order valence-corrected chi connectivity index (χ2v) is 6.75. The highest BCUT2D eigenvalue weighted by Crippen LogP contribution is 2.30. The molecule has 0 bridgehead atoms. The number of rotatable bonds is 5. The molecule has 2 aromatic rings. The first-order chi connectivity index (χ1) is 13.0. The summed E-state index contributed by atoms with van der Waals surface area (Å²) in [4.78, 5) is 25.5. The lowest BCUT2D eigenvalue weighted by Crippen LogP contribution is -2.36. The average molecular weight is 390 g/mol. The first kappa shape index (κ1) is 19.1. The molecule has 142 valence electrons. The maximum absolute atomic E-state index is 12.6. The van der Waals surface area contributed by atoms with Gasteiger partial charge in [-0.25, -0.2) is 0 Å². The van der Waals surface area contributed by atoms with Crippen LogP contribution in [0.15, 0.2) is 42.5 Å². The number of benzene rings is 2. The van der Waals surface area contributed by atoms with Crippen molar-refractivity contribution in [3.05, 3.63) is 68.7 Å². The predicted octanol–water partition coefficient (Wildman–Crippen LogP) is 3.58. The van der Waals surface area contributed by atoms with Crippen molar-refractivity contribution in [3.8, 4) is 0 Å². The van der Waals surface area contributed by atoms with Crippen LogP contribution in [0.5, 0.6) is 0 Å². The van der Waals surface area contributed by atoms with Gasteiger partial charge in [0.05, 0.1) is 24.2 Å². The highest BCUT2D eigenvalue weighted by Gasteiger charge is 2.23. The summed E-state index contributed by atoms with van der Waals surface area (Å²) < 4.78 is 5.29. The number of carbonyl (C=O) groups excluding carboxylic acids is 1. The molecule has 27 heavy (non-hydrogen) atoms. The van der Waals surface area contributed by atoms with Crippen LogP contribution in [0.3, 0.4) is 0 Å². The molecular weight excluding hydrogens is 370 g/mol. The van der Waals surface area contributed by atoms with Gasteiger partial charge in [0.2, 0.25) is 0 Å². The molecule has 2 aromatic carbocycles. The van der Waals surface area contributed by atoms with Crippen molar-refractivity contribution >= 4 is 28.9 Å². The van der Waals surface area contributed by atoms with E-state index in [9.17, 15) is 14.9 Å². The number of carbonyl (C=O) groups is 1. The number of ether oxygens (including phenoxy) is 1. The standard InChI is InChI=1S/C19H20ClN3O4/c1-13(14-3-2-4-16(20)11-14)21-19(24)15-5-6-17(18(12-15)23(25)26)22-7-9-27-10-8-22/h2-6,11-13H,7-10H2,1H3,(H,21,24). The van der Waals surface area contributed by atoms with Crippen molar-refractivity contribution in [2.75, 3.05) is 31.2 Å². The van der Waals surface area contributed by atoms with Crippen LogP contribution < -0.4 is 10.2 Å². The van der Waals surface area contributed by atoms with Gasteiger partial charge in [0.1, 0.15) is 5.69 Å². The Morgan fingerprint density at radius 3 is 2.67 bits per heavy atom. The maximum atomic E-state index is 12.6. The van der Waals surface area contributed by atoms with Gasteiger partial charge in [0.15, 0.2) is 0 Å². The first-order valence-corrected chi connectivity index (χ1v) is 9.01. The summed E-state index contributed by atoms with van der Waals surface area (Å²) in [6.45, 7) is 4.05. The second kappa shape index (κ2) is 8.37. The number of morpholine rings is 1. The Labute approximate surface area is 162 Å². The Balaban J connectivity index is 1.80. The molecular formula is C19H20ClN3O4. The highest BCUT2D eigenvalue weighted by molar-refractivity contribution is 6.30. The fourth-order valence-corrected chi connectivity index (χ4v) is 3.22. The van der Waals surface area contributed by atoms with Crippen molar-refractivity contribution in [2.24, 2.45) is 0 Å². The summed E-state index contributed by atoms with van der Waals surface area (Å²) in [5.74, 6) is -0.376. The second-order valence-electron chi connectivity index (χ2n) is 6.31. The van der Waals surface area contributed by atoms with E-state index in [4.69, 9.17) is 16.3 Å². The Bertz CT molecular complexity index is 853. The van der Waals surface area contributed by atoms with E-state index < -0.39 is 4.92 Å². The number of hydrogen-bond donors (Lipinski definition) is 1. The largest absolute Gasteiger partial charge is 0.378 e. The lowest BCUT2D eigenvalue weighted by atomic mass is 10.1. The normalized spacial score (nSPS) is 15.3. The van der Waals surface area contributed by atoms with Crippen molar-refractivity contribution in [2.45, 2.75) is 13.0 Å². The molecule has 1 atom stereocenters. The van der Waals surface area contributed by atoms with Gasteiger partial charge in [0, 0.05) is 29.7 Å². The lowest BCUT2D eigenvalue weighted by Gasteiger charge is -2.28. The fourth-order valence-electron chi connectivity index (χ4n) is 3.02. The van der Waals surface area contributed by atoms with Crippen LogP contribution in [0, 0.1) is 10.1 Å². The summed E-state index contributed by atoms with van der Waals surface area (Å²) in [5, 5.41) is 15.0. The molecule has 1 N–H and O–H groups in total. The number of nitro benzene ring substituents is 1. The topological polar surface area (TPSA) is 84.7 Å². The molecule has 1 aliphatic heterocycles. The zero-order chi connectivity index (χ0) is 19.4. The van der Waals surface area contributed by atoms with Gasteiger partial charge < -0.3 is 15.0 Å². The van der Waals surface area contributed by atoms with E-state index in [1.54, 1.807) is 24.3 Å². The number of nitro groups is 1. The highest BCUT2D eigenvalue weighted by atomic mass is 35.5. The molecule has 0 aromatic heterocycles. The fraction of sp³-hybridized carbons (Fsp3) is 0.316. The minimum absolute atomic E-state index is 0.0834. The summed E-state index contributed by atoms with van der Waals surface area (Å²) in [6, 6.07) is 11.5. The van der Waals surface area contributed by atoms with Crippen LogP contribution in [-0.4, -0.2) is 37.1 Å². The number of nitrogens with zero attached hydrogens (tertiary/aromatic N) is 2. The molecule has 1 unspecified atom stereocenters. The molecule has 0 saturated carbocycles. The SMILES string of the molecule is CC(NC(=O)c1ccc(N2CCOCC2)c([N+](=O)[O-])c1)c1cccc(Cl)c1. The molecule has 0 aliphatic carbocycles. The summed E-state index contributed by atoms with van der Waals surface area (Å²) in [6.07, 6.45) is 0. The van der Waals surface area contributed by atoms with Crippen LogP contribution in [0.1, 0.15) is 28.9 Å². The molecule has 1 saturated heterocycles. The van der Waals surface area contributed by atoms with Gasteiger partial charge in [0.25, 0.3) is 11.6 Å². The molecule has 1 amide bonds. The third-order valence-electron chi connectivity index (χ3n) is 4.48. The van der Waals surface area contributed by atoms with E-state index in [0.29, 0.717) is 37.0 Å². The smallest absolute Gasteiger partial charge is 0.293 e. The quantitative estimate of drug-likeness (QED) is 0.624. The van der Waals surface area contributed by atoms with Gasteiger partial charge in [-0.2, -0.15) is 0 Å². The van der Waals surface area contributed by atoms with E-state index in [1.165, 1.54) is 6.07 Å². The van der Waals surface area contributed by atoms with E-state index in [0.717, 1.165) is 5.56 Å². The molecule has 7 nitrogen and oxygen atoms in total. The van der Waals surface area contributed by atoms with Gasteiger partial charge in [-0.15, -0.1) is 0 Å². The maximum Gasteiger partial charge on any atom is 0.293 e. The third-order valence-corrected chi connectivity index (χ3v) is 4.72. The van der Waals surface area contributed by atoms with Gasteiger partial charge in [-0.1, -0.05) is 23.7 Å². The van der Waals surface area contributed by atoms with E-state index in [2.05, 4.69) is 5.32 Å². The first-order valence-electron chi connectivity index (χ1n) is 8.63. The van der Waals surface area contributed by atoms with Crippen LogP contribution in [0.25, 0.3) is 0 Å². The Morgan fingerprint density at radius 2 is 2.00 bits per heavy atom. The lowest BCUT2D eigenvalue weighted by molar-refractivity contribution is -0.384. The minimum Gasteiger partial charge on any atom is -0.378 e. The molecule has 0 radical (unpaired) electrons.